The average Bonchev–Trinajstić information content (AvgIpc) is 3.57. The SMILES string of the molecule is C/C(=N\Nc1nc(-c2cnn(-c3ccccc3)c2C)cs1)c1cnn(-c2ccccc2)c1C. The lowest BCUT2D eigenvalue weighted by molar-refractivity contribution is 0.847. The third-order valence-corrected chi connectivity index (χ3v) is 6.26. The van der Waals surface area contributed by atoms with Gasteiger partial charge in [-0.1, -0.05) is 36.4 Å². The van der Waals surface area contributed by atoms with Crippen LogP contribution in [0.2, 0.25) is 0 Å². The zero-order valence-corrected chi connectivity index (χ0v) is 19.4. The normalized spacial score (nSPS) is 11.7. The fourth-order valence-corrected chi connectivity index (χ4v) is 4.38. The topological polar surface area (TPSA) is 72.9 Å². The molecule has 0 saturated carbocycles. The van der Waals surface area contributed by atoms with Crippen molar-refractivity contribution in [3.63, 3.8) is 0 Å². The summed E-state index contributed by atoms with van der Waals surface area (Å²) in [6.07, 6.45) is 3.70. The summed E-state index contributed by atoms with van der Waals surface area (Å²) >= 11 is 1.51. The minimum Gasteiger partial charge on any atom is -0.252 e. The molecule has 164 valence electrons. The molecule has 3 aromatic heterocycles. The van der Waals surface area contributed by atoms with E-state index < -0.39 is 0 Å². The van der Waals surface area contributed by atoms with Crippen molar-refractivity contribution in [2.24, 2.45) is 5.10 Å². The Labute approximate surface area is 196 Å². The lowest BCUT2D eigenvalue weighted by atomic mass is 10.2. The van der Waals surface area contributed by atoms with Gasteiger partial charge in [0.1, 0.15) is 0 Å². The first-order valence-electron chi connectivity index (χ1n) is 10.6. The summed E-state index contributed by atoms with van der Waals surface area (Å²) in [4.78, 5) is 4.72. The lowest BCUT2D eigenvalue weighted by Gasteiger charge is -2.05. The first-order valence-corrected chi connectivity index (χ1v) is 11.5. The summed E-state index contributed by atoms with van der Waals surface area (Å²) in [5.41, 5.74) is 10.9. The molecular weight excluding hydrogens is 430 g/mol. The standard InChI is InChI=1S/C25H23N7S/c1-17(22-14-26-31(18(22)2)20-10-6-4-7-11-20)29-30-25-28-24(16-33-25)23-15-27-32(19(23)3)21-12-8-5-9-13-21/h4-16H,1-3H3,(H,28,30)/b29-17+. The van der Waals surface area contributed by atoms with Gasteiger partial charge < -0.3 is 0 Å². The number of hydrogen-bond acceptors (Lipinski definition) is 6. The largest absolute Gasteiger partial charge is 0.252 e. The molecule has 1 N–H and O–H groups in total. The number of rotatable bonds is 6. The Hall–Kier alpha value is -4.04. The minimum atomic E-state index is 0.726. The number of anilines is 1. The Morgan fingerprint density at radius 1 is 0.848 bits per heavy atom. The molecule has 0 bridgehead atoms. The van der Waals surface area contributed by atoms with Gasteiger partial charge in [0, 0.05) is 16.5 Å². The van der Waals surface area contributed by atoms with Gasteiger partial charge in [-0.25, -0.2) is 14.3 Å². The fraction of sp³-hybridized carbons (Fsp3) is 0.120. The first kappa shape index (κ1) is 20.8. The highest BCUT2D eigenvalue weighted by atomic mass is 32.1. The summed E-state index contributed by atoms with van der Waals surface area (Å²) in [6, 6.07) is 20.2. The maximum Gasteiger partial charge on any atom is 0.203 e. The number of para-hydroxylation sites is 2. The van der Waals surface area contributed by atoms with Gasteiger partial charge in [-0.2, -0.15) is 15.3 Å². The molecule has 0 saturated heterocycles. The van der Waals surface area contributed by atoms with Crippen LogP contribution < -0.4 is 5.43 Å². The van der Waals surface area contributed by atoms with Gasteiger partial charge in [-0.05, 0) is 45.0 Å². The van der Waals surface area contributed by atoms with Crippen LogP contribution in [0.1, 0.15) is 23.9 Å². The lowest BCUT2D eigenvalue weighted by Crippen LogP contribution is -2.03. The molecular formula is C25H23N7S. The number of nitrogens with zero attached hydrogens (tertiary/aromatic N) is 6. The molecule has 5 rings (SSSR count). The van der Waals surface area contributed by atoms with E-state index in [0.29, 0.717) is 0 Å². The Morgan fingerprint density at radius 2 is 1.45 bits per heavy atom. The molecule has 0 fully saturated rings. The smallest absolute Gasteiger partial charge is 0.203 e. The quantitative estimate of drug-likeness (QED) is 0.267. The van der Waals surface area contributed by atoms with E-state index in [1.54, 1.807) is 0 Å². The number of aromatic nitrogens is 5. The summed E-state index contributed by atoms with van der Waals surface area (Å²) < 4.78 is 3.85. The van der Waals surface area contributed by atoms with E-state index in [9.17, 15) is 0 Å². The van der Waals surface area contributed by atoms with Crippen molar-refractivity contribution in [1.29, 1.82) is 0 Å². The molecule has 8 heteroatoms. The molecule has 7 nitrogen and oxygen atoms in total. The van der Waals surface area contributed by atoms with Crippen molar-refractivity contribution >= 4 is 22.2 Å². The average molecular weight is 454 g/mol. The third kappa shape index (κ3) is 4.08. The summed E-state index contributed by atoms with van der Waals surface area (Å²) in [7, 11) is 0. The van der Waals surface area contributed by atoms with E-state index in [1.807, 2.05) is 102 Å². The van der Waals surface area contributed by atoms with Gasteiger partial charge >= 0.3 is 0 Å². The number of thiazole rings is 1. The number of hydrazone groups is 1. The Bertz CT molecular complexity index is 1410. The van der Waals surface area contributed by atoms with Gasteiger partial charge in [-0.15, -0.1) is 11.3 Å². The molecule has 0 amide bonds. The molecule has 3 heterocycles. The van der Waals surface area contributed by atoms with E-state index in [2.05, 4.69) is 27.6 Å². The molecule has 5 aromatic rings. The van der Waals surface area contributed by atoms with Crippen LogP contribution in [0, 0.1) is 13.8 Å². The monoisotopic (exact) mass is 453 g/mol. The predicted molar refractivity (Wildman–Crippen MR) is 134 cm³/mol. The Morgan fingerprint density at radius 3 is 2.12 bits per heavy atom. The molecule has 0 atom stereocenters. The van der Waals surface area contributed by atoms with Crippen molar-refractivity contribution in [1.82, 2.24) is 24.5 Å². The molecule has 2 aromatic carbocycles. The van der Waals surface area contributed by atoms with E-state index in [4.69, 9.17) is 4.98 Å². The highest BCUT2D eigenvalue weighted by Gasteiger charge is 2.14. The summed E-state index contributed by atoms with van der Waals surface area (Å²) in [6.45, 7) is 6.06. The molecule has 0 radical (unpaired) electrons. The van der Waals surface area contributed by atoms with Crippen LogP contribution in [-0.2, 0) is 0 Å². The van der Waals surface area contributed by atoms with E-state index >= 15 is 0 Å². The van der Waals surface area contributed by atoms with Crippen molar-refractivity contribution in [2.75, 3.05) is 5.43 Å². The number of nitrogens with one attached hydrogen (secondary N) is 1. The van der Waals surface area contributed by atoms with E-state index in [0.717, 1.165) is 50.4 Å². The van der Waals surface area contributed by atoms with Crippen LogP contribution in [-0.4, -0.2) is 30.3 Å². The van der Waals surface area contributed by atoms with Gasteiger partial charge in [0.25, 0.3) is 0 Å². The van der Waals surface area contributed by atoms with Crippen LogP contribution in [0.25, 0.3) is 22.6 Å². The summed E-state index contributed by atoms with van der Waals surface area (Å²) in [5, 5.41) is 16.4. The second-order valence-corrected chi connectivity index (χ2v) is 8.49. The van der Waals surface area contributed by atoms with Crippen LogP contribution >= 0.6 is 11.3 Å². The van der Waals surface area contributed by atoms with Gasteiger partial charge in [0.2, 0.25) is 5.13 Å². The number of hydrogen-bond donors (Lipinski definition) is 1. The van der Waals surface area contributed by atoms with Gasteiger partial charge in [0.05, 0.1) is 46.6 Å². The van der Waals surface area contributed by atoms with E-state index in [-0.39, 0.29) is 0 Å². The van der Waals surface area contributed by atoms with E-state index in [1.165, 1.54) is 11.3 Å². The predicted octanol–water partition coefficient (Wildman–Crippen LogP) is 5.63. The maximum atomic E-state index is 4.72. The second-order valence-electron chi connectivity index (χ2n) is 7.63. The van der Waals surface area contributed by atoms with Crippen LogP contribution in [0.3, 0.4) is 0 Å². The van der Waals surface area contributed by atoms with Gasteiger partial charge in [0.15, 0.2) is 0 Å². The van der Waals surface area contributed by atoms with Crippen LogP contribution in [0.15, 0.2) is 83.5 Å². The zero-order chi connectivity index (χ0) is 22.8. The highest BCUT2D eigenvalue weighted by Crippen LogP contribution is 2.28. The van der Waals surface area contributed by atoms with Crippen LogP contribution in [0.5, 0.6) is 0 Å². The number of benzene rings is 2. The molecule has 0 aliphatic heterocycles. The molecule has 0 aliphatic rings. The van der Waals surface area contributed by atoms with Crippen molar-refractivity contribution < 1.29 is 0 Å². The molecule has 0 aliphatic carbocycles. The second kappa shape index (κ2) is 8.84. The molecule has 0 spiro atoms. The zero-order valence-electron chi connectivity index (χ0n) is 18.6. The van der Waals surface area contributed by atoms with Crippen LogP contribution in [0.4, 0.5) is 5.13 Å². The van der Waals surface area contributed by atoms with Crippen molar-refractivity contribution in [3.8, 4) is 22.6 Å². The maximum absolute atomic E-state index is 4.72. The fourth-order valence-electron chi connectivity index (χ4n) is 3.73. The Kier molecular flexibility index (Phi) is 5.58. The highest BCUT2D eigenvalue weighted by molar-refractivity contribution is 7.14. The minimum absolute atomic E-state index is 0.726. The Balaban J connectivity index is 1.34. The van der Waals surface area contributed by atoms with Crippen molar-refractivity contribution in [2.45, 2.75) is 20.8 Å². The third-order valence-electron chi connectivity index (χ3n) is 5.51. The van der Waals surface area contributed by atoms with Crippen molar-refractivity contribution in [3.05, 3.63) is 95.4 Å². The molecule has 0 unspecified atom stereocenters. The first-order chi connectivity index (χ1) is 16.1. The van der Waals surface area contributed by atoms with Gasteiger partial charge in [-0.3, -0.25) is 5.43 Å². The molecule has 33 heavy (non-hydrogen) atoms. The summed E-state index contributed by atoms with van der Waals surface area (Å²) in [5.74, 6) is 0.